The second kappa shape index (κ2) is 5.64. The normalized spacial score (nSPS) is 16.6. The maximum Gasteiger partial charge on any atom is 0.350 e. The maximum atomic E-state index is 11.7. The molecule has 8 nitrogen and oxygen atoms in total. The number of halogens is 1. The van der Waals surface area contributed by atoms with Crippen LogP contribution in [0.15, 0.2) is 30.0 Å². The van der Waals surface area contributed by atoms with Crippen molar-refractivity contribution in [2.45, 2.75) is 19.6 Å². The summed E-state index contributed by atoms with van der Waals surface area (Å²) >= 11 is 5.76. The Morgan fingerprint density at radius 2 is 1.86 bits per heavy atom. The van der Waals surface area contributed by atoms with Crippen LogP contribution in [0, 0.1) is 10.1 Å². The Kier molecular flexibility index (Phi) is 4.05. The van der Waals surface area contributed by atoms with E-state index in [2.05, 4.69) is 5.32 Å². The Morgan fingerprint density at radius 3 is 2.41 bits per heavy atom. The zero-order valence-corrected chi connectivity index (χ0v) is 12.3. The van der Waals surface area contributed by atoms with Crippen LogP contribution >= 0.6 is 11.6 Å². The number of nitro groups is 1. The van der Waals surface area contributed by atoms with Crippen LogP contribution < -0.4 is 5.32 Å². The van der Waals surface area contributed by atoms with E-state index in [0.29, 0.717) is 0 Å². The molecule has 9 heteroatoms. The molecule has 1 heterocycles. The van der Waals surface area contributed by atoms with Gasteiger partial charge in [-0.3, -0.25) is 10.1 Å². The summed E-state index contributed by atoms with van der Waals surface area (Å²) in [5, 5.41) is 13.4. The summed E-state index contributed by atoms with van der Waals surface area (Å²) < 4.78 is 9.79. The summed E-state index contributed by atoms with van der Waals surface area (Å²) in [6.45, 7) is 2.82. The van der Waals surface area contributed by atoms with E-state index in [1.807, 2.05) is 0 Å². The number of nitro benzene ring substituents is 1. The van der Waals surface area contributed by atoms with Crippen LogP contribution in [-0.4, -0.2) is 22.6 Å². The average molecular weight is 327 g/mol. The van der Waals surface area contributed by atoms with Gasteiger partial charge in [0.1, 0.15) is 10.7 Å². The summed E-state index contributed by atoms with van der Waals surface area (Å²) in [7, 11) is 0. The van der Waals surface area contributed by atoms with Crippen molar-refractivity contribution in [3.05, 3.63) is 45.1 Å². The molecule has 0 atom stereocenters. The van der Waals surface area contributed by atoms with E-state index in [1.54, 1.807) is 0 Å². The average Bonchev–Trinajstić information content (AvgIpc) is 2.35. The van der Waals surface area contributed by atoms with Gasteiger partial charge in [-0.2, -0.15) is 0 Å². The number of carbonyl (C=O) groups excluding carboxylic acids is 2. The highest BCUT2D eigenvalue weighted by Gasteiger charge is 2.39. The van der Waals surface area contributed by atoms with Crippen molar-refractivity contribution >= 4 is 34.9 Å². The molecule has 1 aromatic rings. The zero-order valence-electron chi connectivity index (χ0n) is 11.6. The molecule has 1 aliphatic heterocycles. The van der Waals surface area contributed by atoms with Gasteiger partial charge in [0.05, 0.1) is 4.92 Å². The van der Waals surface area contributed by atoms with Gasteiger partial charge in [0.25, 0.3) is 5.79 Å². The minimum atomic E-state index is -1.35. The predicted molar refractivity (Wildman–Crippen MR) is 76.1 cm³/mol. The van der Waals surface area contributed by atoms with E-state index in [4.69, 9.17) is 21.1 Å². The van der Waals surface area contributed by atoms with Crippen molar-refractivity contribution in [3.8, 4) is 0 Å². The minimum Gasteiger partial charge on any atom is -0.419 e. The Hall–Kier alpha value is -2.61. The first kappa shape index (κ1) is 15.8. The molecule has 1 aromatic carbocycles. The van der Waals surface area contributed by atoms with Crippen molar-refractivity contribution in [2.75, 3.05) is 5.32 Å². The molecule has 0 saturated carbocycles. The van der Waals surface area contributed by atoms with Crippen LogP contribution in [0.3, 0.4) is 0 Å². The van der Waals surface area contributed by atoms with Crippen LogP contribution in [0.25, 0.3) is 0 Å². The molecule has 22 heavy (non-hydrogen) atoms. The molecule has 0 radical (unpaired) electrons. The minimum absolute atomic E-state index is 0.0235. The number of para-hydroxylation sites is 1. The lowest BCUT2D eigenvalue weighted by Crippen LogP contribution is -2.42. The van der Waals surface area contributed by atoms with Gasteiger partial charge in [0.15, 0.2) is 5.57 Å². The van der Waals surface area contributed by atoms with Crippen LogP contribution in [0.1, 0.15) is 13.8 Å². The second-order valence-electron chi connectivity index (χ2n) is 4.77. The van der Waals surface area contributed by atoms with Gasteiger partial charge < -0.3 is 14.8 Å². The first-order valence-electron chi connectivity index (χ1n) is 6.07. The molecule has 0 amide bonds. The third-order valence-corrected chi connectivity index (χ3v) is 2.96. The van der Waals surface area contributed by atoms with Crippen molar-refractivity contribution < 1.29 is 24.0 Å². The van der Waals surface area contributed by atoms with E-state index in [9.17, 15) is 19.7 Å². The van der Waals surface area contributed by atoms with Crippen LogP contribution in [0.4, 0.5) is 11.4 Å². The van der Waals surface area contributed by atoms with Crippen LogP contribution in [-0.2, 0) is 19.1 Å². The largest absolute Gasteiger partial charge is 0.419 e. The summed E-state index contributed by atoms with van der Waals surface area (Å²) in [6, 6.07) is 4.21. The molecule has 1 N–H and O–H groups in total. The smallest absolute Gasteiger partial charge is 0.350 e. The standard InChI is InChI=1S/C13H11ClN2O6/c1-13(2)21-11(17)7(12(18)22-13)6-15-9-5-3-4-8(14)10(9)16(19)20/h3-6,15H,1-2H3. The van der Waals surface area contributed by atoms with Gasteiger partial charge in [0.2, 0.25) is 0 Å². The van der Waals surface area contributed by atoms with E-state index >= 15 is 0 Å². The number of esters is 2. The monoisotopic (exact) mass is 326 g/mol. The summed E-state index contributed by atoms with van der Waals surface area (Å²) in [4.78, 5) is 33.8. The molecule has 0 unspecified atom stereocenters. The number of hydrogen-bond acceptors (Lipinski definition) is 7. The van der Waals surface area contributed by atoms with Crippen LogP contribution in [0.2, 0.25) is 5.02 Å². The molecule has 1 saturated heterocycles. The number of ether oxygens (including phenoxy) is 2. The first-order chi connectivity index (χ1) is 10.2. The van der Waals surface area contributed by atoms with Gasteiger partial charge in [0, 0.05) is 20.0 Å². The molecule has 0 spiro atoms. The number of carbonyl (C=O) groups is 2. The van der Waals surface area contributed by atoms with E-state index in [0.717, 1.165) is 6.20 Å². The first-order valence-corrected chi connectivity index (χ1v) is 6.45. The van der Waals surface area contributed by atoms with Crippen molar-refractivity contribution in [1.29, 1.82) is 0 Å². The van der Waals surface area contributed by atoms with Gasteiger partial charge >= 0.3 is 17.6 Å². The highest BCUT2D eigenvalue weighted by atomic mass is 35.5. The number of anilines is 1. The number of hydrogen-bond donors (Lipinski definition) is 1. The lowest BCUT2D eigenvalue weighted by Gasteiger charge is -2.29. The zero-order chi connectivity index (χ0) is 16.5. The Balaban J connectivity index is 2.30. The molecule has 2 rings (SSSR count). The Morgan fingerprint density at radius 1 is 1.27 bits per heavy atom. The van der Waals surface area contributed by atoms with Crippen molar-refractivity contribution in [2.24, 2.45) is 0 Å². The number of nitrogens with zero attached hydrogens (tertiary/aromatic N) is 1. The van der Waals surface area contributed by atoms with E-state index in [-0.39, 0.29) is 16.4 Å². The molecule has 116 valence electrons. The van der Waals surface area contributed by atoms with Gasteiger partial charge in [-0.05, 0) is 12.1 Å². The highest BCUT2D eigenvalue weighted by Crippen LogP contribution is 2.32. The molecule has 1 aliphatic rings. The van der Waals surface area contributed by atoms with Gasteiger partial charge in [-0.1, -0.05) is 17.7 Å². The fraction of sp³-hybridized carbons (Fsp3) is 0.231. The number of rotatable bonds is 3. The summed E-state index contributed by atoms with van der Waals surface area (Å²) in [6.07, 6.45) is 0.985. The fourth-order valence-electron chi connectivity index (χ4n) is 1.75. The Labute approximate surface area is 129 Å². The van der Waals surface area contributed by atoms with Gasteiger partial charge in [-0.15, -0.1) is 0 Å². The predicted octanol–water partition coefficient (Wildman–Crippen LogP) is 2.38. The molecule has 0 aliphatic carbocycles. The highest BCUT2D eigenvalue weighted by molar-refractivity contribution is 6.33. The van der Waals surface area contributed by atoms with E-state index < -0.39 is 28.2 Å². The van der Waals surface area contributed by atoms with E-state index in [1.165, 1.54) is 32.0 Å². The fourth-order valence-corrected chi connectivity index (χ4v) is 1.99. The lowest BCUT2D eigenvalue weighted by molar-refractivity contribution is -0.383. The molecule has 0 aromatic heterocycles. The van der Waals surface area contributed by atoms with Crippen molar-refractivity contribution in [3.63, 3.8) is 0 Å². The summed E-state index contributed by atoms with van der Waals surface area (Å²) in [5.74, 6) is -3.13. The third-order valence-electron chi connectivity index (χ3n) is 2.66. The van der Waals surface area contributed by atoms with Gasteiger partial charge in [-0.25, -0.2) is 9.59 Å². The van der Waals surface area contributed by atoms with Crippen LogP contribution in [0.5, 0.6) is 0 Å². The molecular formula is C13H11ClN2O6. The number of cyclic esters (lactones) is 2. The Bertz CT molecular complexity index is 676. The van der Waals surface area contributed by atoms with Crippen molar-refractivity contribution in [1.82, 2.24) is 0 Å². The number of nitrogens with one attached hydrogen (secondary N) is 1. The topological polar surface area (TPSA) is 108 Å². The third kappa shape index (κ3) is 3.17. The quantitative estimate of drug-likeness (QED) is 0.298. The maximum absolute atomic E-state index is 11.7. The molecular weight excluding hydrogens is 316 g/mol. The number of benzene rings is 1. The molecule has 1 fully saturated rings. The molecule has 0 bridgehead atoms. The lowest BCUT2D eigenvalue weighted by atomic mass is 10.2. The second-order valence-corrected chi connectivity index (χ2v) is 5.18. The SMILES string of the molecule is CC1(C)OC(=O)C(=CNc2cccc(Cl)c2[N+](=O)[O-])C(=O)O1. The summed E-state index contributed by atoms with van der Waals surface area (Å²) in [5.41, 5.74) is -0.761.